The Balaban J connectivity index is 2.81. The van der Waals surface area contributed by atoms with Gasteiger partial charge in [0.15, 0.2) is 0 Å². The molecule has 1 unspecified atom stereocenters. The second-order valence-corrected chi connectivity index (χ2v) is 5.34. The molecule has 5 heteroatoms. The number of hydrogen-bond donors (Lipinski definition) is 1. The molecular formula is C16H23F2NO2. The summed E-state index contributed by atoms with van der Waals surface area (Å²) in [4.78, 5) is 12.7. The maximum atomic E-state index is 13.9. The first-order valence-corrected chi connectivity index (χ1v) is 7.38. The molecule has 1 N–H and O–H groups in total. The fraction of sp³-hybridized carbons (Fsp3) is 0.562. The summed E-state index contributed by atoms with van der Waals surface area (Å²) in [7, 11) is 0. The highest BCUT2D eigenvalue weighted by Gasteiger charge is 2.19. The molecule has 0 saturated carbocycles. The third kappa shape index (κ3) is 5.69. The van der Waals surface area contributed by atoms with Crippen molar-refractivity contribution in [3.05, 3.63) is 29.8 Å². The van der Waals surface area contributed by atoms with Crippen LogP contribution in [-0.2, 0) is 4.79 Å². The number of aliphatic carboxylic acids is 1. The van der Waals surface area contributed by atoms with Crippen molar-refractivity contribution >= 4 is 11.7 Å². The largest absolute Gasteiger partial charge is 0.481 e. The summed E-state index contributed by atoms with van der Waals surface area (Å²) in [5, 5.41) is 9.02. The fourth-order valence-corrected chi connectivity index (χ4v) is 2.19. The van der Waals surface area contributed by atoms with E-state index < -0.39 is 23.5 Å². The molecule has 1 aromatic rings. The van der Waals surface area contributed by atoms with Crippen molar-refractivity contribution < 1.29 is 18.7 Å². The summed E-state index contributed by atoms with van der Waals surface area (Å²) < 4.78 is 26.9. The molecule has 3 nitrogen and oxygen atoms in total. The summed E-state index contributed by atoms with van der Waals surface area (Å²) in [6.45, 7) is 4.47. The molecule has 0 spiro atoms. The van der Waals surface area contributed by atoms with Crippen LogP contribution in [0.1, 0.15) is 39.5 Å². The summed E-state index contributed by atoms with van der Waals surface area (Å²) in [6, 6.07) is 3.40. The molecule has 0 radical (unpaired) electrons. The fourth-order valence-electron chi connectivity index (χ4n) is 2.19. The zero-order valence-electron chi connectivity index (χ0n) is 12.6. The van der Waals surface area contributed by atoms with Crippen LogP contribution < -0.4 is 4.90 Å². The van der Waals surface area contributed by atoms with Crippen LogP contribution in [0.5, 0.6) is 0 Å². The normalized spacial score (nSPS) is 12.2. The van der Waals surface area contributed by atoms with E-state index in [-0.39, 0.29) is 12.2 Å². The number of carboxylic acid groups (broad SMARTS) is 1. The molecule has 0 heterocycles. The lowest BCUT2D eigenvalue weighted by atomic mass is 10.1. The quantitative estimate of drug-likeness (QED) is 0.699. The van der Waals surface area contributed by atoms with Gasteiger partial charge in [0.05, 0.1) is 11.6 Å². The number of benzene rings is 1. The molecule has 0 aliphatic heterocycles. The van der Waals surface area contributed by atoms with Gasteiger partial charge in [0.2, 0.25) is 0 Å². The van der Waals surface area contributed by atoms with Gasteiger partial charge in [0.25, 0.3) is 0 Å². The average Bonchev–Trinajstić information content (AvgIpc) is 2.42. The van der Waals surface area contributed by atoms with Crippen LogP contribution >= 0.6 is 0 Å². The Hall–Kier alpha value is -1.65. The van der Waals surface area contributed by atoms with E-state index in [9.17, 15) is 13.6 Å². The van der Waals surface area contributed by atoms with E-state index in [1.807, 2.05) is 0 Å². The molecule has 0 amide bonds. The minimum Gasteiger partial charge on any atom is -0.481 e. The highest BCUT2D eigenvalue weighted by Crippen LogP contribution is 2.22. The van der Waals surface area contributed by atoms with E-state index in [0.29, 0.717) is 6.54 Å². The molecule has 0 fully saturated rings. The van der Waals surface area contributed by atoms with E-state index in [2.05, 4.69) is 6.92 Å². The maximum absolute atomic E-state index is 13.9. The Bertz CT molecular complexity index is 466. The first-order chi connectivity index (χ1) is 9.95. The third-order valence-corrected chi connectivity index (χ3v) is 3.45. The number of nitrogens with zero attached hydrogens (tertiary/aromatic N) is 1. The molecule has 0 saturated heterocycles. The third-order valence-electron chi connectivity index (χ3n) is 3.45. The number of anilines is 1. The predicted molar refractivity (Wildman–Crippen MR) is 79.5 cm³/mol. The van der Waals surface area contributed by atoms with Gasteiger partial charge in [0.1, 0.15) is 11.6 Å². The van der Waals surface area contributed by atoms with Crippen molar-refractivity contribution in [1.82, 2.24) is 0 Å². The first-order valence-electron chi connectivity index (χ1n) is 7.38. The van der Waals surface area contributed by atoms with Gasteiger partial charge < -0.3 is 10.0 Å². The highest BCUT2D eigenvalue weighted by molar-refractivity contribution is 5.70. The monoisotopic (exact) mass is 299 g/mol. The highest BCUT2D eigenvalue weighted by atomic mass is 19.1. The molecular weight excluding hydrogens is 276 g/mol. The van der Waals surface area contributed by atoms with Crippen LogP contribution in [-0.4, -0.2) is 24.2 Å². The standard InChI is InChI=1S/C16H23F2NO2/c1-3-4-5-6-9-19(11-12(2)16(20)21)15-8-7-13(17)10-14(15)18/h7-8,10,12H,3-6,9,11H2,1-2H3,(H,20,21). The molecule has 1 rings (SSSR count). The maximum Gasteiger partial charge on any atom is 0.308 e. The van der Waals surface area contributed by atoms with Crippen LogP contribution in [0.15, 0.2) is 18.2 Å². The minimum absolute atomic E-state index is 0.212. The van der Waals surface area contributed by atoms with Crippen LogP contribution in [0.25, 0.3) is 0 Å². The van der Waals surface area contributed by atoms with Crippen molar-refractivity contribution in [3.8, 4) is 0 Å². The molecule has 118 valence electrons. The van der Waals surface area contributed by atoms with E-state index in [4.69, 9.17) is 5.11 Å². The Labute approximate surface area is 124 Å². The number of halogens is 2. The Morgan fingerprint density at radius 2 is 2.00 bits per heavy atom. The van der Waals surface area contributed by atoms with Gasteiger partial charge in [-0.15, -0.1) is 0 Å². The van der Waals surface area contributed by atoms with Crippen LogP contribution in [0.4, 0.5) is 14.5 Å². The summed E-state index contributed by atoms with van der Waals surface area (Å²) in [6.07, 6.45) is 4.05. The van der Waals surface area contributed by atoms with Gasteiger partial charge in [-0.05, 0) is 18.6 Å². The number of rotatable bonds is 9. The summed E-state index contributed by atoms with van der Waals surface area (Å²) >= 11 is 0. The topological polar surface area (TPSA) is 40.5 Å². The number of carbonyl (C=O) groups is 1. The van der Waals surface area contributed by atoms with E-state index >= 15 is 0 Å². The lowest BCUT2D eigenvalue weighted by molar-refractivity contribution is -0.140. The van der Waals surface area contributed by atoms with Gasteiger partial charge in [-0.3, -0.25) is 4.79 Å². The van der Waals surface area contributed by atoms with Crippen molar-refractivity contribution in [1.29, 1.82) is 0 Å². The van der Waals surface area contributed by atoms with Crippen molar-refractivity contribution in [2.75, 3.05) is 18.0 Å². The zero-order chi connectivity index (χ0) is 15.8. The first kappa shape index (κ1) is 17.4. The van der Waals surface area contributed by atoms with E-state index in [0.717, 1.165) is 31.7 Å². The second-order valence-electron chi connectivity index (χ2n) is 5.34. The molecule has 1 atom stereocenters. The second kappa shape index (κ2) is 8.60. The molecule has 1 aromatic carbocycles. The smallest absolute Gasteiger partial charge is 0.308 e. The van der Waals surface area contributed by atoms with Crippen LogP contribution in [0.2, 0.25) is 0 Å². The number of hydrogen-bond acceptors (Lipinski definition) is 2. The van der Waals surface area contributed by atoms with Gasteiger partial charge >= 0.3 is 5.97 Å². The van der Waals surface area contributed by atoms with Gasteiger partial charge in [0, 0.05) is 19.2 Å². The van der Waals surface area contributed by atoms with E-state index in [1.54, 1.807) is 11.8 Å². The SMILES string of the molecule is CCCCCCN(CC(C)C(=O)O)c1ccc(F)cc1F. The lowest BCUT2D eigenvalue weighted by Gasteiger charge is -2.27. The molecule has 0 aromatic heterocycles. The van der Waals surface area contributed by atoms with Crippen LogP contribution in [0, 0.1) is 17.6 Å². The van der Waals surface area contributed by atoms with Gasteiger partial charge in [-0.1, -0.05) is 33.1 Å². The molecule has 0 aliphatic rings. The Kier molecular flexibility index (Phi) is 7.12. The van der Waals surface area contributed by atoms with Crippen molar-refractivity contribution in [2.24, 2.45) is 5.92 Å². The van der Waals surface area contributed by atoms with E-state index in [1.165, 1.54) is 12.1 Å². The molecule has 0 bridgehead atoms. The molecule has 21 heavy (non-hydrogen) atoms. The summed E-state index contributed by atoms with van der Waals surface area (Å²) in [5.41, 5.74) is 0.265. The Morgan fingerprint density at radius 1 is 1.29 bits per heavy atom. The minimum atomic E-state index is -0.920. The lowest BCUT2D eigenvalue weighted by Crippen LogP contribution is -2.33. The van der Waals surface area contributed by atoms with Crippen LogP contribution in [0.3, 0.4) is 0 Å². The number of carboxylic acids is 1. The zero-order valence-corrected chi connectivity index (χ0v) is 12.6. The average molecular weight is 299 g/mol. The molecule has 0 aliphatic carbocycles. The Morgan fingerprint density at radius 3 is 2.57 bits per heavy atom. The van der Waals surface area contributed by atoms with Crippen molar-refractivity contribution in [2.45, 2.75) is 39.5 Å². The number of unbranched alkanes of at least 4 members (excludes halogenated alkanes) is 3. The predicted octanol–water partition coefficient (Wildman–Crippen LogP) is 4.07. The van der Waals surface area contributed by atoms with Gasteiger partial charge in [-0.2, -0.15) is 0 Å². The van der Waals surface area contributed by atoms with Crippen molar-refractivity contribution in [3.63, 3.8) is 0 Å². The van der Waals surface area contributed by atoms with Gasteiger partial charge in [-0.25, -0.2) is 8.78 Å². The summed E-state index contributed by atoms with van der Waals surface area (Å²) in [5.74, 6) is -2.81.